The van der Waals surface area contributed by atoms with Crippen molar-refractivity contribution >= 4 is 89.4 Å². The zero-order valence-corrected chi connectivity index (χ0v) is 34.3. The minimum Gasteiger partial charge on any atom is -0.455 e. The van der Waals surface area contributed by atoms with E-state index in [0.717, 1.165) is 92.4 Å². The molecule has 0 aliphatic rings. The molecule has 0 fully saturated rings. The lowest BCUT2D eigenvalue weighted by Crippen LogP contribution is -2.74. The second-order valence-electron chi connectivity index (χ2n) is 15.6. The van der Waals surface area contributed by atoms with Crippen LogP contribution in [0.4, 0.5) is 30.2 Å². The van der Waals surface area contributed by atoms with Gasteiger partial charge in [-0.3, -0.25) is 0 Å². The number of furan rings is 1. The number of hydrogen-bond donors (Lipinski definition) is 0. The summed E-state index contributed by atoms with van der Waals surface area (Å²) < 4.78 is 50.6. The van der Waals surface area contributed by atoms with Crippen LogP contribution in [0.2, 0.25) is 0 Å². The van der Waals surface area contributed by atoms with Gasteiger partial charge in [0.15, 0.2) is 8.07 Å². The molecule has 2 nitrogen and oxygen atoms in total. The number of hydrogen-bond acceptors (Lipinski definition) is 2. The first-order chi connectivity index (χ1) is 30.5. The topological polar surface area (TPSA) is 16.4 Å². The van der Waals surface area contributed by atoms with Crippen LogP contribution >= 0.6 is 0 Å². The molecule has 1 heterocycles. The van der Waals surface area contributed by atoms with Crippen molar-refractivity contribution < 1.29 is 17.6 Å². The number of halogens is 3. The number of benzene rings is 10. The maximum atomic E-state index is 14.7. The maximum Gasteiger partial charge on any atom is 0.179 e. The highest BCUT2D eigenvalue weighted by Crippen LogP contribution is 2.47. The summed E-state index contributed by atoms with van der Waals surface area (Å²) in [5.41, 5.74) is 6.79. The molecule has 0 unspecified atom stereocenters. The van der Waals surface area contributed by atoms with Crippen LogP contribution < -0.4 is 25.6 Å². The molecule has 296 valence electrons. The quantitative estimate of drug-likeness (QED) is 0.112. The molecular weight excluding hydrogens is 788 g/mol. The average molecular weight is 824 g/mol. The Morgan fingerprint density at radius 1 is 0.355 bits per heavy atom. The van der Waals surface area contributed by atoms with Crippen molar-refractivity contribution in [3.8, 4) is 11.1 Å². The molecule has 11 rings (SSSR count). The van der Waals surface area contributed by atoms with Crippen molar-refractivity contribution in [1.29, 1.82) is 0 Å². The Morgan fingerprint density at radius 2 is 0.806 bits per heavy atom. The molecule has 6 heteroatoms. The van der Waals surface area contributed by atoms with Crippen molar-refractivity contribution in [3.05, 3.63) is 236 Å². The van der Waals surface area contributed by atoms with Gasteiger partial charge in [0.05, 0.1) is 11.4 Å². The van der Waals surface area contributed by atoms with E-state index in [4.69, 9.17) is 4.42 Å². The molecule has 0 spiro atoms. The van der Waals surface area contributed by atoms with Gasteiger partial charge in [-0.25, -0.2) is 13.2 Å². The van der Waals surface area contributed by atoms with Gasteiger partial charge in [-0.05, 0) is 104 Å². The minimum atomic E-state index is -3.31. The molecule has 62 heavy (non-hydrogen) atoms. The third-order valence-electron chi connectivity index (χ3n) is 12.2. The number of para-hydroxylation sites is 1. The SMILES string of the molecule is Fc1ccc([Si](c2ccc(F)cc2)(c2ccc(F)cc2)c2ccc(N(c3ccc(-c4ccccc4)c4ccccc34)c3cc4c5ccccc5oc4c4ccccc34)cc2)cc1. The fraction of sp³-hybridized carbons (Fsp3) is 0. The fourth-order valence-electron chi connectivity index (χ4n) is 9.43. The van der Waals surface area contributed by atoms with Crippen LogP contribution in [0, 0.1) is 17.5 Å². The molecule has 1 aromatic heterocycles. The number of rotatable bonds is 8. The molecule has 0 saturated heterocycles. The summed E-state index contributed by atoms with van der Waals surface area (Å²) in [4.78, 5) is 2.33. The smallest absolute Gasteiger partial charge is 0.179 e. The van der Waals surface area contributed by atoms with E-state index in [-0.39, 0.29) is 17.5 Å². The zero-order valence-electron chi connectivity index (χ0n) is 33.3. The van der Waals surface area contributed by atoms with E-state index in [1.165, 1.54) is 36.4 Å². The predicted octanol–water partition coefficient (Wildman–Crippen LogP) is 12.8. The fourth-order valence-corrected chi connectivity index (χ4v) is 14.1. The van der Waals surface area contributed by atoms with E-state index < -0.39 is 8.07 Å². The van der Waals surface area contributed by atoms with Crippen molar-refractivity contribution in [2.24, 2.45) is 0 Å². The minimum absolute atomic E-state index is 0.360. The van der Waals surface area contributed by atoms with E-state index in [9.17, 15) is 13.2 Å². The third kappa shape index (κ3) is 6.10. The van der Waals surface area contributed by atoms with E-state index in [1.54, 1.807) is 0 Å². The number of fused-ring (bicyclic) bond motifs is 6. The van der Waals surface area contributed by atoms with Crippen LogP contribution in [-0.2, 0) is 0 Å². The molecule has 0 N–H and O–H groups in total. The molecule has 0 atom stereocenters. The second-order valence-corrected chi connectivity index (χ2v) is 19.4. The first kappa shape index (κ1) is 37.3. The average Bonchev–Trinajstić information content (AvgIpc) is 3.70. The summed E-state index contributed by atoms with van der Waals surface area (Å²) in [6, 6.07) is 70.4. The van der Waals surface area contributed by atoms with Crippen molar-refractivity contribution in [2.75, 3.05) is 4.90 Å². The highest BCUT2D eigenvalue weighted by atomic mass is 28.3. The summed E-state index contributed by atoms with van der Waals surface area (Å²) in [7, 11) is -3.31. The van der Waals surface area contributed by atoms with Gasteiger partial charge in [-0.1, -0.05) is 152 Å². The Kier molecular flexibility index (Phi) is 9.09. The predicted molar refractivity (Wildman–Crippen MR) is 252 cm³/mol. The van der Waals surface area contributed by atoms with Crippen LogP contribution in [0.5, 0.6) is 0 Å². The first-order valence-electron chi connectivity index (χ1n) is 20.6. The van der Waals surface area contributed by atoms with Crippen LogP contribution in [0.25, 0.3) is 54.6 Å². The van der Waals surface area contributed by atoms with Gasteiger partial charge in [0, 0.05) is 32.6 Å². The Hall–Kier alpha value is -7.67. The molecule has 0 aliphatic carbocycles. The van der Waals surface area contributed by atoms with Crippen LogP contribution in [0.3, 0.4) is 0 Å². The van der Waals surface area contributed by atoms with E-state index in [0.29, 0.717) is 0 Å². The summed E-state index contributed by atoms with van der Waals surface area (Å²) in [5.74, 6) is -1.08. The highest BCUT2D eigenvalue weighted by Gasteiger charge is 2.42. The normalized spacial score (nSPS) is 11.8. The number of nitrogens with zero attached hydrogens (tertiary/aromatic N) is 1. The second kappa shape index (κ2) is 15.1. The summed E-state index contributed by atoms with van der Waals surface area (Å²) >= 11 is 0. The summed E-state index contributed by atoms with van der Waals surface area (Å²) in [6.45, 7) is 0. The molecule has 0 aliphatic heterocycles. The van der Waals surface area contributed by atoms with Gasteiger partial charge in [0.25, 0.3) is 0 Å². The third-order valence-corrected chi connectivity index (χ3v) is 17.0. The molecule has 0 amide bonds. The van der Waals surface area contributed by atoms with E-state index in [1.807, 2.05) is 66.7 Å². The monoisotopic (exact) mass is 823 g/mol. The van der Waals surface area contributed by atoms with Crippen LogP contribution in [0.1, 0.15) is 0 Å². The van der Waals surface area contributed by atoms with Gasteiger partial charge < -0.3 is 9.32 Å². The van der Waals surface area contributed by atoms with Gasteiger partial charge in [-0.15, -0.1) is 0 Å². The van der Waals surface area contributed by atoms with Crippen molar-refractivity contribution in [3.63, 3.8) is 0 Å². The van der Waals surface area contributed by atoms with E-state index >= 15 is 0 Å². The van der Waals surface area contributed by atoms with E-state index in [2.05, 4.69) is 120 Å². The van der Waals surface area contributed by atoms with Gasteiger partial charge in [0.2, 0.25) is 0 Å². The van der Waals surface area contributed by atoms with Gasteiger partial charge in [0.1, 0.15) is 28.6 Å². The lowest BCUT2D eigenvalue weighted by atomic mass is 9.95. The Labute approximate surface area is 357 Å². The lowest BCUT2D eigenvalue weighted by Gasteiger charge is -2.35. The molecule has 0 saturated carbocycles. The lowest BCUT2D eigenvalue weighted by molar-refractivity contribution is 0.628. The van der Waals surface area contributed by atoms with Gasteiger partial charge in [-0.2, -0.15) is 0 Å². The highest BCUT2D eigenvalue weighted by molar-refractivity contribution is 7.19. The Bertz CT molecular complexity index is 3310. The molecule has 0 radical (unpaired) electrons. The zero-order chi connectivity index (χ0) is 41.8. The van der Waals surface area contributed by atoms with Crippen molar-refractivity contribution in [1.82, 2.24) is 0 Å². The largest absolute Gasteiger partial charge is 0.455 e. The van der Waals surface area contributed by atoms with Gasteiger partial charge >= 0.3 is 0 Å². The first-order valence-corrected chi connectivity index (χ1v) is 22.6. The van der Waals surface area contributed by atoms with Crippen LogP contribution in [-0.4, -0.2) is 8.07 Å². The van der Waals surface area contributed by atoms with Crippen molar-refractivity contribution in [2.45, 2.75) is 0 Å². The maximum absolute atomic E-state index is 14.7. The molecular formula is C56H36F3NOSi. The summed E-state index contributed by atoms with van der Waals surface area (Å²) in [6.07, 6.45) is 0. The molecule has 10 aromatic carbocycles. The molecule has 0 bridgehead atoms. The molecule has 11 aromatic rings. The summed E-state index contributed by atoms with van der Waals surface area (Å²) in [5, 5.41) is 9.87. The van der Waals surface area contributed by atoms with Crippen LogP contribution in [0.15, 0.2) is 223 Å². The number of anilines is 3. The standard InChI is InChI=1S/C56H36F3NOSi/c57-38-18-26-42(27-19-38)62(43-28-20-39(58)21-29-43,44-30-22-40(59)23-31-44)45-32-24-41(25-33-45)60(53-35-34-46(37-10-2-1-3-11-37)47-12-4-5-13-48(47)53)54-36-52-50-15-8-9-17-55(50)61-56(52)51-16-7-6-14-49(51)54/h1-36H. The Balaban J connectivity index is 1.20. The Morgan fingerprint density at radius 3 is 1.37 bits per heavy atom.